The zero-order valence-electron chi connectivity index (χ0n) is 12.1. The molecule has 126 valence electrons. The predicted octanol–water partition coefficient (Wildman–Crippen LogP) is 3.99. The zero-order valence-corrected chi connectivity index (χ0v) is 12.9. The van der Waals surface area contributed by atoms with E-state index in [-0.39, 0.29) is 29.1 Å². The van der Waals surface area contributed by atoms with Gasteiger partial charge in [0.2, 0.25) is 0 Å². The molecule has 2 bridgehead atoms. The molecule has 0 unspecified atom stereocenters. The van der Waals surface area contributed by atoms with Gasteiger partial charge in [-0.2, -0.15) is 13.2 Å². The molecule has 4 rings (SSSR count). The molecular formula is C15H16F4N2OS. The van der Waals surface area contributed by atoms with Crippen molar-refractivity contribution in [3.63, 3.8) is 0 Å². The molecule has 0 aromatic heterocycles. The number of alkyl halides is 4. The fraction of sp³-hybridized carbons (Fsp3) is 0.533. The van der Waals surface area contributed by atoms with E-state index >= 15 is 0 Å². The van der Waals surface area contributed by atoms with Crippen LogP contribution in [0.5, 0.6) is 0 Å². The van der Waals surface area contributed by atoms with Gasteiger partial charge in [-0.05, 0) is 48.2 Å². The van der Waals surface area contributed by atoms with Crippen LogP contribution < -0.4 is 10.6 Å². The number of hydrogen-bond donors (Lipinski definition) is 2. The van der Waals surface area contributed by atoms with Crippen molar-refractivity contribution in [1.29, 1.82) is 0 Å². The quantitative estimate of drug-likeness (QED) is 0.638. The Labute approximate surface area is 135 Å². The number of fused-ring (bicyclic) bond motifs is 1. The molecule has 0 saturated heterocycles. The first-order valence-electron chi connectivity index (χ1n) is 7.29. The van der Waals surface area contributed by atoms with Gasteiger partial charge in [0.1, 0.15) is 6.17 Å². The Bertz CT molecular complexity index is 601. The third kappa shape index (κ3) is 3.91. The normalized spacial score (nSPS) is 29.0. The van der Waals surface area contributed by atoms with Gasteiger partial charge >= 0.3 is 11.5 Å². The van der Waals surface area contributed by atoms with Crippen LogP contribution in [-0.2, 0) is 6.54 Å². The van der Waals surface area contributed by atoms with Crippen LogP contribution in [0, 0.1) is 5.92 Å². The highest BCUT2D eigenvalue weighted by atomic mass is 32.2. The average molecular weight is 348 g/mol. The predicted molar refractivity (Wildman–Crippen MR) is 78.7 cm³/mol. The van der Waals surface area contributed by atoms with Crippen molar-refractivity contribution < 1.29 is 22.4 Å². The van der Waals surface area contributed by atoms with Crippen LogP contribution in [0.25, 0.3) is 0 Å². The molecule has 1 aromatic carbocycles. The molecule has 3 saturated carbocycles. The maximum Gasteiger partial charge on any atom is 0.446 e. The Kier molecular flexibility index (Phi) is 4.20. The molecule has 23 heavy (non-hydrogen) atoms. The summed E-state index contributed by atoms with van der Waals surface area (Å²) in [6, 6.07) is 5.51. The lowest BCUT2D eigenvalue weighted by molar-refractivity contribution is -0.0328. The molecule has 3 fully saturated rings. The van der Waals surface area contributed by atoms with Gasteiger partial charge in [0, 0.05) is 23.4 Å². The summed E-state index contributed by atoms with van der Waals surface area (Å²) in [5.41, 5.74) is -4.19. The second-order valence-corrected chi connectivity index (χ2v) is 7.31. The van der Waals surface area contributed by atoms with E-state index in [0.29, 0.717) is 24.8 Å². The summed E-state index contributed by atoms with van der Waals surface area (Å²) >= 11 is -0.189. The molecule has 0 heterocycles. The van der Waals surface area contributed by atoms with Gasteiger partial charge in [0.05, 0.1) is 0 Å². The van der Waals surface area contributed by atoms with Crippen LogP contribution in [0.1, 0.15) is 24.8 Å². The molecule has 1 atom stereocenters. The molecular weight excluding hydrogens is 332 g/mol. The number of hydrogen-bond acceptors (Lipinski definition) is 2. The highest BCUT2D eigenvalue weighted by Gasteiger charge is 2.57. The summed E-state index contributed by atoms with van der Waals surface area (Å²) in [6.07, 6.45) is 0.841. The van der Waals surface area contributed by atoms with Gasteiger partial charge in [-0.25, -0.2) is 9.18 Å². The maximum atomic E-state index is 13.4. The van der Waals surface area contributed by atoms with Crippen LogP contribution in [0.15, 0.2) is 29.2 Å². The van der Waals surface area contributed by atoms with Crippen molar-refractivity contribution in [2.75, 3.05) is 0 Å². The number of rotatable bonds is 4. The van der Waals surface area contributed by atoms with E-state index in [1.807, 2.05) is 0 Å². The topological polar surface area (TPSA) is 41.1 Å². The lowest BCUT2D eigenvalue weighted by Crippen LogP contribution is -2.54. The molecule has 8 heteroatoms. The lowest BCUT2D eigenvalue weighted by atomic mass is 9.77. The molecule has 0 aliphatic heterocycles. The summed E-state index contributed by atoms with van der Waals surface area (Å²) in [5.74, 6) is 0.0615. The Balaban J connectivity index is 1.50. The summed E-state index contributed by atoms with van der Waals surface area (Å²) in [4.78, 5) is 12.0. The van der Waals surface area contributed by atoms with Gasteiger partial charge in [0.25, 0.3) is 0 Å². The average Bonchev–Trinajstić information content (AvgIpc) is 2.86. The van der Waals surface area contributed by atoms with Crippen molar-refractivity contribution in [2.24, 2.45) is 5.92 Å². The third-order valence-corrected chi connectivity index (χ3v) is 5.09. The van der Waals surface area contributed by atoms with Gasteiger partial charge < -0.3 is 10.6 Å². The molecule has 0 radical (unpaired) electrons. The van der Waals surface area contributed by atoms with Crippen molar-refractivity contribution in [1.82, 2.24) is 10.6 Å². The second kappa shape index (κ2) is 5.89. The van der Waals surface area contributed by atoms with Crippen LogP contribution in [0.2, 0.25) is 0 Å². The fourth-order valence-electron chi connectivity index (χ4n) is 3.38. The summed E-state index contributed by atoms with van der Waals surface area (Å²) in [6.45, 7) is 0.122. The molecule has 3 aliphatic rings. The zero-order chi connectivity index (χ0) is 16.7. The van der Waals surface area contributed by atoms with Crippen LogP contribution >= 0.6 is 11.8 Å². The molecule has 3 aliphatic carbocycles. The van der Waals surface area contributed by atoms with E-state index in [0.717, 1.165) is 0 Å². The highest BCUT2D eigenvalue weighted by Crippen LogP contribution is 2.53. The second-order valence-electron chi connectivity index (χ2n) is 6.17. The third-order valence-electron chi connectivity index (χ3n) is 4.37. The first kappa shape index (κ1) is 16.4. The first-order chi connectivity index (χ1) is 10.7. The van der Waals surface area contributed by atoms with Gasteiger partial charge in [-0.1, -0.05) is 12.1 Å². The maximum absolute atomic E-state index is 13.4. The van der Waals surface area contributed by atoms with E-state index in [9.17, 15) is 22.4 Å². The summed E-state index contributed by atoms with van der Waals surface area (Å²) in [5, 5.41) is 5.42. The Morgan fingerprint density at radius 1 is 1.30 bits per heavy atom. The Morgan fingerprint density at radius 2 is 2.04 bits per heavy atom. The minimum atomic E-state index is -4.34. The monoisotopic (exact) mass is 348 g/mol. The molecule has 1 aromatic rings. The SMILES string of the molecule is O=C(NCc1cccc(SC(F)(F)F)c1)NC12CC(C1)[C@@H](F)C2. The first-order valence-corrected chi connectivity index (χ1v) is 8.11. The van der Waals surface area contributed by atoms with Gasteiger partial charge in [-0.3, -0.25) is 0 Å². The lowest BCUT2D eigenvalue weighted by Gasteiger charge is -2.38. The van der Waals surface area contributed by atoms with E-state index in [1.165, 1.54) is 18.2 Å². The highest BCUT2D eigenvalue weighted by molar-refractivity contribution is 8.00. The smallest absolute Gasteiger partial charge is 0.334 e. The van der Waals surface area contributed by atoms with Crippen molar-refractivity contribution in [2.45, 2.75) is 47.9 Å². The van der Waals surface area contributed by atoms with Gasteiger partial charge in [0.15, 0.2) is 0 Å². The van der Waals surface area contributed by atoms with E-state index in [4.69, 9.17) is 0 Å². The molecule has 2 amide bonds. The van der Waals surface area contributed by atoms with E-state index < -0.39 is 23.3 Å². The minimum Gasteiger partial charge on any atom is -0.334 e. The number of nitrogens with one attached hydrogen (secondary N) is 2. The number of amides is 2. The van der Waals surface area contributed by atoms with Crippen molar-refractivity contribution >= 4 is 17.8 Å². The molecule has 2 N–H and O–H groups in total. The molecule has 3 nitrogen and oxygen atoms in total. The number of halogens is 4. The van der Waals surface area contributed by atoms with Crippen molar-refractivity contribution in [3.8, 4) is 0 Å². The van der Waals surface area contributed by atoms with Crippen LogP contribution in [0.3, 0.4) is 0 Å². The van der Waals surface area contributed by atoms with Crippen LogP contribution in [0.4, 0.5) is 22.4 Å². The number of carbonyl (C=O) groups is 1. The Morgan fingerprint density at radius 3 is 2.65 bits per heavy atom. The minimum absolute atomic E-state index is 0.0615. The number of carbonyl (C=O) groups excluding carboxylic acids is 1. The summed E-state index contributed by atoms with van der Waals surface area (Å²) in [7, 11) is 0. The van der Waals surface area contributed by atoms with E-state index in [2.05, 4.69) is 10.6 Å². The standard InChI is InChI=1S/C15H16F4N2OS/c16-12-7-14(5-10(12)6-14)21-13(22)20-8-9-2-1-3-11(4-9)23-15(17,18)19/h1-4,10,12H,5-8H2,(H2,20,21,22)/t10?,12-,14?/m0/s1. The van der Waals surface area contributed by atoms with Crippen molar-refractivity contribution in [3.05, 3.63) is 29.8 Å². The largest absolute Gasteiger partial charge is 0.446 e. The number of thioether (sulfide) groups is 1. The number of benzene rings is 1. The Hall–Kier alpha value is -1.44. The fourth-order valence-corrected chi connectivity index (χ4v) is 4.00. The van der Waals surface area contributed by atoms with Gasteiger partial charge in [-0.15, -0.1) is 0 Å². The number of urea groups is 1. The molecule has 0 spiro atoms. The van der Waals surface area contributed by atoms with E-state index in [1.54, 1.807) is 6.07 Å². The van der Waals surface area contributed by atoms with Crippen LogP contribution in [-0.4, -0.2) is 23.3 Å². The summed E-state index contributed by atoms with van der Waals surface area (Å²) < 4.78 is 50.5.